The van der Waals surface area contributed by atoms with Crippen molar-refractivity contribution in [3.63, 3.8) is 0 Å². The standard InChI is InChI=1S/C14H18N2O2/c1-10-2-3-13-11-8-14(17-6-7-18-14)5-4-12(11)15-16(13)9-10/h2-3,9,12,15H,4-8H2,1H3. The number of nitrogens with one attached hydrogen (secondary N) is 1. The highest BCUT2D eigenvalue weighted by atomic mass is 16.7. The second kappa shape index (κ2) is 3.70. The Morgan fingerprint density at radius 2 is 2.17 bits per heavy atom. The van der Waals surface area contributed by atoms with E-state index >= 15 is 0 Å². The normalized spacial score (nSPS) is 32.8. The maximum atomic E-state index is 5.85. The number of allylic oxidation sites excluding steroid dienone is 3. The largest absolute Gasteiger partial charge is 0.347 e. The van der Waals surface area contributed by atoms with Gasteiger partial charge in [-0.1, -0.05) is 6.08 Å². The summed E-state index contributed by atoms with van der Waals surface area (Å²) in [6.45, 7) is 3.59. The number of rotatable bonds is 0. The first-order valence-corrected chi connectivity index (χ1v) is 6.69. The van der Waals surface area contributed by atoms with Crippen LogP contribution in [0.1, 0.15) is 26.2 Å². The maximum Gasteiger partial charge on any atom is 0.172 e. The molecule has 2 fully saturated rings. The van der Waals surface area contributed by atoms with Gasteiger partial charge in [0.05, 0.1) is 25.0 Å². The number of hydrogen-bond donors (Lipinski definition) is 1. The summed E-state index contributed by atoms with van der Waals surface area (Å²) in [7, 11) is 0. The Balaban J connectivity index is 1.68. The summed E-state index contributed by atoms with van der Waals surface area (Å²) in [5, 5.41) is 2.16. The second-order valence-electron chi connectivity index (χ2n) is 5.49. The Morgan fingerprint density at radius 1 is 1.33 bits per heavy atom. The van der Waals surface area contributed by atoms with Gasteiger partial charge in [-0.3, -0.25) is 5.01 Å². The molecule has 4 rings (SSSR count). The van der Waals surface area contributed by atoms with Crippen molar-refractivity contribution in [3.05, 3.63) is 35.2 Å². The van der Waals surface area contributed by atoms with Gasteiger partial charge in [0.15, 0.2) is 5.79 Å². The van der Waals surface area contributed by atoms with Crippen LogP contribution in [0, 0.1) is 0 Å². The van der Waals surface area contributed by atoms with Crippen LogP contribution >= 0.6 is 0 Å². The average molecular weight is 246 g/mol. The zero-order chi connectivity index (χ0) is 12.2. The highest BCUT2D eigenvalue weighted by Gasteiger charge is 2.46. The number of ether oxygens (including phenoxy) is 2. The Bertz CT molecular complexity index is 472. The minimum atomic E-state index is -0.333. The first-order valence-electron chi connectivity index (χ1n) is 6.69. The summed E-state index contributed by atoms with van der Waals surface area (Å²) in [5.74, 6) is -0.333. The Kier molecular flexibility index (Phi) is 2.22. The summed E-state index contributed by atoms with van der Waals surface area (Å²) in [6, 6.07) is 0.449. The van der Waals surface area contributed by atoms with E-state index in [1.54, 1.807) is 0 Å². The minimum absolute atomic E-state index is 0.333. The van der Waals surface area contributed by atoms with E-state index in [9.17, 15) is 0 Å². The Morgan fingerprint density at radius 3 is 3.00 bits per heavy atom. The molecule has 0 radical (unpaired) electrons. The molecule has 0 aromatic heterocycles. The molecule has 0 aromatic carbocycles. The van der Waals surface area contributed by atoms with Crippen molar-refractivity contribution in [2.45, 2.75) is 38.0 Å². The average Bonchev–Trinajstić information content (AvgIpc) is 2.94. The van der Waals surface area contributed by atoms with Crippen molar-refractivity contribution in [3.8, 4) is 0 Å². The third-order valence-electron chi connectivity index (χ3n) is 4.23. The molecule has 1 atom stereocenters. The van der Waals surface area contributed by atoms with Crippen molar-refractivity contribution < 1.29 is 9.47 Å². The van der Waals surface area contributed by atoms with Gasteiger partial charge in [-0.05, 0) is 30.6 Å². The summed E-state index contributed by atoms with van der Waals surface area (Å²) >= 11 is 0. The summed E-state index contributed by atoms with van der Waals surface area (Å²) in [5.41, 5.74) is 7.54. The monoisotopic (exact) mass is 246 g/mol. The van der Waals surface area contributed by atoms with Crippen LogP contribution in [-0.4, -0.2) is 30.1 Å². The number of nitrogens with zero attached hydrogens (tertiary/aromatic N) is 1. The molecule has 1 spiro atoms. The zero-order valence-corrected chi connectivity index (χ0v) is 10.6. The van der Waals surface area contributed by atoms with Crippen molar-refractivity contribution in [2.24, 2.45) is 0 Å². The van der Waals surface area contributed by atoms with Gasteiger partial charge in [0.2, 0.25) is 0 Å². The third-order valence-corrected chi connectivity index (χ3v) is 4.23. The molecule has 4 heteroatoms. The van der Waals surface area contributed by atoms with Crippen LogP contribution in [0.15, 0.2) is 35.2 Å². The molecule has 1 saturated carbocycles. The van der Waals surface area contributed by atoms with Crippen molar-refractivity contribution in [1.82, 2.24) is 10.4 Å². The molecular formula is C14H18N2O2. The van der Waals surface area contributed by atoms with Gasteiger partial charge in [-0.15, -0.1) is 0 Å². The molecule has 3 heterocycles. The fourth-order valence-corrected chi connectivity index (χ4v) is 3.34. The highest BCUT2D eigenvalue weighted by Crippen LogP contribution is 2.43. The van der Waals surface area contributed by atoms with E-state index in [0.29, 0.717) is 6.04 Å². The molecule has 0 amide bonds. The minimum Gasteiger partial charge on any atom is -0.347 e. The lowest BCUT2D eigenvalue weighted by molar-refractivity contribution is -0.168. The fourth-order valence-electron chi connectivity index (χ4n) is 3.34. The SMILES string of the molecule is CC1=CN2NC3CCC4(CC3=C2C=C1)OCCO4. The van der Waals surface area contributed by atoms with Crippen LogP contribution in [0.25, 0.3) is 0 Å². The molecular weight excluding hydrogens is 228 g/mol. The van der Waals surface area contributed by atoms with Crippen LogP contribution in [0.4, 0.5) is 0 Å². The quantitative estimate of drug-likeness (QED) is 0.707. The molecule has 0 aromatic rings. The van der Waals surface area contributed by atoms with Crippen LogP contribution in [0.3, 0.4) is 0 Å². The predicted octanol–water partition coefficient (Wildman–Crippen LogP) is 1.83. The molecule has 4 nitrogen and oxygen atoms in total. The highest BCUT2D eigenvalue weighted by molar-refractivity contribution is 5.41. The second-order valence-corrected chi connectivity index (χ2v) is 5.49. The van der Waals surface area contributed by atoms with E-state index < -0.39 is 0 Å². The van der Waals surface area contributed by atoms with E-state index in [-0.39, 0.29) is 5.79 Å². The van der Waals surface area contributed by atoms with Gasteiger partial charge in [-0.2, -0.15) is 0 Å². The molecule has 3 aliphatic heterocycles. The lowest BCUT2D eigenvalue weighted by Gasteiger charge is -2.35. The smallest absolute Gasteiger partial charge is 0.172 e. The molecule has 4 aliphatic rings. The Labute approximate surface area is 107 Å². The first kappa shape index (κ1) is 10.8. The number of fused-ring (bicyclic) bond motifs is 2. The third kappa shape index (κ3) is 1.49. The van der Waals surface area contributed by atoms with Gasteiger partial charge >= 0.3 is 0 Å². The molecule has 18 heavy (non-hydrogen) atoms. The van der Waals surface area contributed by atoms with Crippen molar-refractivity contribution in [2.75, 3.05) is 13.2 Å². The lowest BCUT2D eigenvalue weighted by atomic mass is 9.85. The molecule has 1 aliphatic carbocycles. The van der Waals surface area contributed by atoms with Crippen LogP contribution in [0.5, 0.6) is 0 Å². The van der Waals surface area contributed by atoms with Crippen molar-refractivity contribution >= 4 is 0 Å². The van der Waals surface area contributed by atoms with E-state index in [1.165, 1.54) is 16.8 Å². The van der Waals surface area contributed by atoms with Crippen molar-refractivity contribution in [1.29, 1.82) is 0 Å². The summed E-state index contributed by atoms with van der Waals surface area (Å²) < 4.78 is 11.7. The molecule has 1 saturated heterocycles. The van der Waals surface area contributed by atoms with E-state index in [0.717, 1.165) is 32.5 Å². The maximum absolute atomic E-state index is 5.85. The first-order chi connectivity index (χ1) is 8.76. The summed E-state index contributed by atoms with van der Waals surface area (Å²) in [6.07, 6.45) is 9.49. The topological polar surface area (TPSA) is 33.7 Å². The Hall–Kier alpha value is -1.10. The van der Waals surface area contributed by atoms with E-state index in [4.69, 9.17) is 9.47 Å². The fraction of sp³-hybridized carbons (Fsp3) is 0.571. The molecule has 1 unspecified atom stereocenters. The lowest BCUT2D eigenvalue weighted by Crippen LogP contribution is -2.42. The van der Waals surface area contributed by atoms with Gasteiger partial charge in [0.1, 0.15) is 0 Å². The van der Waals surface area contributed by atoms with Gasteiger partial charge in [0, 0.05) is 19.0 Å². The van der Waals surface area contributed by atoms with E-state index in [2.05, 4.69) is 35.7 Å². The number of hydrazine groups is 1. The van der Waals surface area contributed by atoms with Gasteiger partial charge < -0.3 is 9.47 Å². The van der Waals surface area contributed by atoms with Crippen LogP contribution in [0.2, 0.25) is 0 Å². The van der Waals surface area contributed by atoms with Gasteiger partial charge in [0.25, 0.3) is 0 Å². The summed E-state index contributed by atoms with van der Waals surface area (Å²) in [4.78, 5) is 0. The zero-order valence-electron chi connectivity index (χ0n) is 10.6. The molecule has 96 valence electrons. The predicted molar refractivity (Wildman–Crippen MR) is 67.2 cm³/mol. The molecule has 0 bridgehead atoms. The van der Waals surface area contributed by atoms with Crippen LogP contribution in [-0.2, 0) is 9.47 Å². The number of hydrogen-bond acceptors (Lipinski definition) is 4. The van der Waals surface area contributed by atoms with E-state index in [1.807, 2.05) is 0 Å². The molecule has 1 N–H and O–H groups in total. The van der Waals surface area contributed by atoms with Crippen LogP contribution < -0.4 is 5.43 Å². The van der Waals surface area contributed by atoms with Gasteiger partial charge in [-0.25, -0.2) is 5.43 Å².